The van der Waals surface area contributed by atoms with Crippen LogP contribution in [0.3, 0.4) is 0 Å². The minimum atomic E-state index is -2.49. The predicted octanol–water partition coefficient (Wildman–Crippen LogP) is 2.92. The molecule has 0 spiro atoms. The molecule has 0 bridgehead atoms. The van der Waals surface area contributed by atoms with Gasteiger partial charge in [-0.15, -0.1) is 0 Å². The van der Waals surface area contributed by atoms with Gasteiger partial charge in [0, 0.05) is 29.7 Å². The van der Waals surface area contributed by atoms with Gasteiger partial charge in [0.15, 0.2) is 0 Å². The van der Waals surface area contributed by atoms with Crippen molar-refractivity contribution in [2.24, 2.45) is 10.7 Å². The largest absolute Gasteiger partial charge is 0.404 e. The van der Waals surface area contributed by atoms with E-state index in [4.69, 9.17) is 17.3 Å². The van der Waals surface area contributed by atoms with Crippen molar-refractivity contribution in [1.82, 2.24) is 9.97 Å². The number of hydrogen-bond donors (Lipinski definition) is 1. The maximum atomic E-state index is 12.0. The van der Waals surface area contributed by atoms with Gasteiger partial charge in [-0.05, 0) is 18.2 Å². The lowest BCUT2D eigenvalue weighted by Crippen LogP contribution is -1.98. The lowest BCUT2D eigenvalue weighted by Gasteiger charge is -2.03. The summed E-state index contributed by atoms with van der Waals surface area (Å²) in [5, 5.41) is 0.348. The molecule has 0 atom stereocenters. The Bertz CT molecular complexity index is 670. The van der Waals surface area contributed by atoms with Crippen LogP contribution >= 0.6 is 11.6 Å². The van der Waals surface area contributed by atoms with Crippen LogP contribution in [0.5, 0.6) is 0 Å². The Morgan fingerprint density at radius 3 is 2.90 bits per heavy atom. The third-order valence-electron chi connectivity index (χ3n) is 2.49. The molecular weight excluding hydrogens is 286 g/mol. The molecule has 0 aromatic carbocycles. The number of alkyl halides is 2. The summed E-state index contributed by atoms with van der Waals surface area (Å²) >= 11 is 5.82. The summed E-state index contributed by atoms with van der Waals surface area (Å²) in [5.74, 6) is 0. The Morgan fingerprint density at radius 2 is 2.20 bits per heavy atom. The summed E-state index contributed by atoms with van der Waals surface area (Å²) in [5.41, 5.74) is 7.87. The summed E-state index contributed by atoms with van der Waals surface area (Å²) in [4.78, 5) is 12.0. The van der Waals surface area contributed by atoms with Crippen molar-refractivity contribution in [3.63, 3.8) is 0 Å². The van der Waals surface area contributed by atoms with Crippen LogP contribution in [0.4, 0.5) is 8.78 Å². The van der Waals surface area contributed by atoms with E-state index in [1.54, 1.807) is 24.4 Å². The molecule has 20 heavy (non-hydrogen) atoms. The van der Waals surface area contributed by atoms with Crippen LogP contribution in [0.15, 0.2) is 35.6 Å². The topological polar surface area (TPSA) is 64.2 Å². The van der Waals surface area contributed by atoms with E-state index in [2.05, 4.69) is 15.0 Å². The van der Waals surface area contributed by atoms with Crippen LogP contribution < -0.4 is 5.73 Å². The van der Waals surface area contributed by atoms with Gasteiger partial charge < -0.3 is 5.73 Å². The van der Waals surface area contributed by atoms with E-state index in [1.165, 1.54) is 12.4 Å². The van der Waals surface area contributed by atoms with Gasteiger partial charge in [-0.1, -0.05) is 11.6 Å². The Kier molecular flexibility index (Phi) is 4.57. The van der Waals surface area contributed by atoms with Crippen LogP contribution in [0.1, 0.15) is 5.56 Å². The Labute approximate surface area is 119 Å². The number of fused-ring (bicyclic) bond motifs is 1. The van der Waals surface area contributed by atoms with Gasteiger partial charge in [-0.2, -0.15) is 0 Å². The number of aliphatic imine (C=N–C) groups is 1. The first-order valence-electron chi connectivity index (χ1n) is 5.72. The van der Waals surface area contributed by atoms with E-state index in [9.17, 15) is 8.78 Å². The zero-order valence-corrected chi connectivity index (χ0v) is 11.1. The Balaban J connectivity index is 2.33. The monoisotopic (exact) mass is 296 g/mol. The molecule has 0 fully saturated rings. The fourth-order valence-corrected chi connectivity index (χ4v) is 1.74. The van der Waals surface area contributed by atoms with E-state index in [0.29, 0.717) is 27.3 Å². The standard InChI is InChI=1S/C13H11ClF2N4/c14-12-2-1-10-11(20-12)3-8(6-19-10)9(4-17)5-18-7-13(15)16/h1-6,13H,7,17H2. The van der Waals surface area contributed by atoms with Crippen LogP contribution in [0, 0.1) is 0 Å². The molecule has 2 aromatic heterocycles. The van der Waals surface area contributed by atoms with Gasteiger partial charge in [0.2, 0.25) is 0 Å². The fourth-order valence-electron chi connectivity index (χ4n) is 1.58. The number of halogens is 3. The normalized spacial score (nSPS) is 12.7. The van der Waals surface area contributed by atoms with Gasteiger partial charge >= 0.3 is 0 Å². The third kappa shape index (κ3) is 3.48. The second-order valence-electron chi connectivity index (χ2n) is 3.90. The van der Waals surface area contributed by atoms with Gasteiger partial charge in [-0.25, -0.2) is 13.8 Å². The molecule has 0 unspecified atom stereocenters. The molecule has 2 heterocycles. The number of rotatable bonds is 4. The van der Waals surface area contributed by atoms with Gasteiger partial charge in [0.25, 0.3) is 6.43 Å². The summed E-state index contributed by atoms with van der Waals surface area (Å²) in [6.07, 6.45) is 1.66. The molecule has 2 aromatic rings. The molecular formula is C13H11ClF2N4. The number of allylic oxidation sites excluding steroid dienone is 1. The number of pyridine rings is 2. The average Bonchev–Trinajstić information content (AvgIpc) is 2.42. The van der Waals surface area contributed by atoms with Crippen molar-refractivity contribution >= 4 is 34.4 Å². The van der Waals surface area contributed by atoms with Crippen molar-refractivity contribution in [3.05, 3.63) is 41.3 Å². The highest BCUT2D eigenvalue weighted by molar-refractivity contribution is 6.29. The van der Waals surface area contributed by atoms with Gasteiger partial charge in [-0.3, -0.25) is 9.98 Å². The maximum absolute atomic E-state index is 12.0. The highest BCUT2D eigenvalue weighted by Crippen LogP contribution is 2.18. The highest BCUT2D eigenvalue weighted by atomic mass is 35.5. The van der Waals surface area contributed by atoms with Crippen molar-refractivity contribution < 1.29 is 8.78 Å². The highest BCUT2D eigenvalue weighted by Gasteiger charge is 2.04. The van der Waals surface area contributed by atoms with Gasteiger partial charge in [0.05, 0.1) is 17.6 Å². The Morgan fingerprint density at radius 1 is 1.40 bits per heavy atom. The molecule has 7 heteroatoms. The van der Waals surface area contributed by atoms with Crippen LogP contribution in [0.25, 0.3) is 16.6 Å². The molecule has 2 N–H and O–H groups in total. The lowest BCUT2D eigenvalue weighted by atomic mass is 10.1. The SMILES string of the molecule is NC=C(C=NCC(F)F)c1cnc2ccc(Cl)nc2c1. The third-order valence-corrected chi connectivity index (χ3v) is 2.70. The van der Waals surface area contributed by atoms with Gasteiger partial charge in [0.1, 0.15) is 5.15 Å². The summed E-state index contributed by atoms with van der Waals surface area (Å²) in [7, 11) is 0. The zero-order valence-electron chi connectivity index (χ0n) is 10.3. The lowest BCUT2D eigenvalue weighted by molar-refractivity contribution is 0.159. The molecule has 0 aliphatic rings. The smallest absolute Gasteiger partial charge is 0.257 e. The van der Waals surface area contributed by atoms with Crippen molar-refractivity contribution in [1.29, 1.82) is 0 Å². The number of hydrogen-bond acceptors (Lipinski definition) is 4. The molecule has 0 amide bonds. The van der Waals surface area contributed by atoms with Crippen LogP contribution in [-0.2, 0) is 0 Å². The molecule has 104 valence electrons. The van der Waals surface area contributed by atoms with E-state index in [1.807, 2.05) is 0 Å². The molecule has 0 aliphatic carbocycles. The number of aromatic nitrogens is 2. The van der Waals surface area contributed by atoms with E-state index >= 15 is 0 Å². The maximum Gasteiger partial charge on any atom is 0.257 e. The average molecular weight is 297 g/mol. The van der Waals surface area contributed by atoms with Crippen molar-refractivity contribution in [2.45, 2.75) is 6.43 Å². The number of nitrogens with two attached hydrogens (primary N) is 1. The Hall–Kier alpha value is -2.08. The molecule has 0 aliphatic heterocycles. The second-order valence-corrected chi connectivity index (χ2v) is 4.29. The molecule has 4 nitrogen and oxygen atoms in total. The molecule has 0 radical (unpaired) electrons. The van der Waals surface area contributed by atoms with Crippen LogP contribution in [0.2, 0.25) is 5.15 Å². The summed E-state index contributed by atoms with van der Waals surface area (Å²) < 4.78 is 24.1. The van der Waals surface area contributed by atoms with E-state index < -0.39 is 13.0 Å². The fraction of sp³-hybridized carbons (Fsp3) is 0.154. The molecule has 0 saturated heterocycles. The quantitative estimate of drug-likeness (QED) is 0.697. The summed E-state index contributed by atoms with van der Waals surface area (Å²) in [6, 6.07) is 5.10. The zero-order chi connectivity index (χ0) is 14.5. The first kappa shape index (κ1) is 14.3. The molecule has 2 rings (SSSR count). The first-order valence-corrected chi connectivity index (χ1v) is 6.10. The van der Waals surface area contributed by atoms with Crippen molar-refractivity contribution in [3.8, 4) is 0 Å². The minimum Gasteiger partial charge on any atom is -0.404 e. The van der Waals surface area contributed by atoms with E-state index in [-0.39, 0.29) is 0 Å². The molecule has 0 saturated carbocycles. The summed E-state index contributed by atoms with van der Waals surface area (Å²) in [6.45, 7) is -0.567. The van der Waals surface area contributed by atoms with Crippen molar-refractivity contribution in [2.75, 3.05) is 6.54 Å². The number of nitrogens with zero attached hydrogens (tertiary/aromatic N) is 3. The second kappa shape index (κ2) is 6.38. The van der Waals surface area contributed by atoms with Crippen LogP contribution in [-0.4, -0.2) is 29.2 Å². The van der Waals surface area contributed by atoms with E-state index in [0.717, 1.165) is 0 Å². The minimum absolute atomic E-state index is 0.348. The first-order chi connectivity index (χ1) is 9.60. The predicted molar refractivity (Wildman–Crippen MR) is 76.1 cm³/mol.